The highest BCUT2D eigenvalue weighted by Crippen LogP contribution is 2.23. The number of rotatable bonds is 4. The van der Waals surface area contributed by atoms with Crippen molar-refractivity contribution in [2.45, 2.75) is 6.36 Å². The van der Waals surface area contributed by atoms with Gasteiger partial charge in [0.25, 0.3) is 0 Å². The number of benzene rings is 1. The van der Waals surface area contributed by atoms with Crippen LogP contribution in [0.5, 0.6) is 5.75 Å². The van der Waals surface area contributed by atoms with Crippen molar-refractivity contribution in [1.82, 2.24) is 0 Å². The molecule has 0 aliphatic rings. The molecule has 0 spiro atoms. The van der Waals surface area contributed by atoms with Gasteiger partial charge in [0.05, 0.1) is 6.61 Å². The Balaban J connectivity index is 2.56. The van der Waals surface area contributed by atoms with Gasteiger partial charge in [-0.3, -0.25) is 0 Å². The third-order valence-electron chi connectivity index (χ3n) is 1.53. The van der Waals surface area contributed by atoms with E-state index in [9.17, 15) is 13.2 Å². The van der Waals surface area contributed by atoms with Gasteiger partial charge in [-0.2, -0.15) is 0 Å². The first-order chi connectivity index (χ1) is 7.01. The summed E-state index contributed by atoms with van der Waals surface area (Å²) in [5, 5.41) is 11.3. The number of alkyl halides is 3. The Morgan fingerprint density at radius 3 is 2.27 bits per heavy atom. The van der Waals surface area contributed by atoms with Crippen LogP contribution < -0.4 is 10.1 Å². The lowest BCUT2D eigenvalue weighted by molar-refractivity contribution is -0.274. The van der Waals surface area contributed by atoms with Crippen molar-refractivity contribution in [2.24, 2.45) is 0 Å². The van der Waals surface area contributed by atoms with Gasteiger partial charge in [-0.1, -0.05) is 0 Å². The molecule has 0 atom stereocenters. The molecule has 0 aliphatic carbocycles. The minimum absolute atomic E-state index is 0.0409. The Morgan fingerprint density at radius 1 is 1.20 bits per heavy atom. The van der Waals surface area contributed by atoms with Crippen LogP contribution in [0, 0.1) is 0 Å². The average Bonchev–Trinajstić information content (AvgIpc) is 2.14. The van der Waals surface area contributed by atoms with E-state index in [1.807, 2.05) is 0 Å². The number of anilines is 1. The lowest BCUT2D eigenvalue weighted by Gasteiger charge is -2.09. The maximum atomic E-state index is 11.8. The number of aliphatic hydroxyl groups excluding tert-OH is 1. The molecule has 0 aliphatic heterocycles. The van der Waals surface area contributed by atoms with Crippen molar-refractivity contribution in [1.29, 1.82) is 0 Å². The summed E-state index contributed by atoms with van der Waals surface area (Å²) >= 11 is 0. The van der Waals surface area contributed by atoms with E-state index in [-0.39, 0.29) is 12.4 Å². The Hall–Kier alpha value is -1.43. The molecular formula is C9H10F3NO2. The van der Waals surface area contributed by atoms with E-state index in [1.165, 1.54) is 24.3 Å². The largest absolute Gasteiger partial charge is 0.573 e. The summed E-state index contributed by atoms with van der Waals surface area (Å²) < 4.78 is 39.0. The predicted molar refractivity (Wildman–Crippen MR) is 48.7 cm³/mol. The highest BCUT2D eigenvalue weighted by atomic mass is 19.4. The topological polar surface area (TPSA) is 41.5 Å². The van der Waals surface area contributed by atoms with E-state index in [2.05, 4.69) is 10.1 Å². The summed E-state index contributed by atoms with van der Waals surface area (Å²) in [7, 11) is 0. The monoisotopic (exact) mass is 221 g/mol. The zero-order valence-corrected chi connectivity index (χ0v) is 7.71. The SMILES string of the molecule is OCCNc1ccc(OC(F)(F)F)cc1. The van der Waals surface area contributed by atoms with E-state index in [4.69, 9.17) is 5.11 Å². The van der Waals surface area contributed by atoms with Gasteiger partial charge in [0.15, 0.2) is 0 Å². The standard InChI is InChI=1S/C9H10F3NO2/c10-9(11,12)15-8-3-1-7(2-4-8)13-5-6-14/h1-4,13-14H,5-6H2. The van der Waals surface area contributed by atoms with Gasteiger partial charge in [-0.15, -0.1) is 13.2 Å². The van der Waals surface area contributed by atoms with E-state index in [0.717, 1.165) is 0 Å². The number of aliphatic hydroxyl groups is 1. The average molecular weight is 221 g/mol. The van der Waals surface area contributed by atoms with Gasteiger partial charge in [0, 0.05) is 12.2 Å². The van der Waals surface area contributed by atoms with Gasteiger partial charge < -0.3 is 15.2 Å². The summed E-state index contributed by atoms with van der Waals surface area (Å²) in [6.45, 7) is 0.306. The Kier molecular flexibility index (Phi) is 3.79. The van der Waals surface area contributed by atoms with Gasteiger partial charge in [-0.05, 0) is 24.3 Å². The Morgan fingerprint density at radius 2 is 1.80 bits per heavy atom. The lowest BCUT2D eigenvalue weighted by Crippen LogP contribution is -2.17. The first kappa shape index (κ1) is 11.6. The molecule has 15 heavy (non-hydrogen) atoms. The van der Waals surface area contributed by atoms with Crippen LogP contribution >= 0.6 is 0 Å². The molecule has 0 bridgehead atoms. The third kappa shape index (κ3) is 4.55. The van der Waals surface area contributed by atoms with Gasteiger partial charge >= 0.3 is 6.36 Å². The normalized spacial score (nSPS) is 11.2. The van der Waals surface area contributed by atoms with Crippen molar-refractivity contribution < 1.29 is 23.0 Å². The van der Waals surface area contributed by atoms with Crippen LogP contribution in [0.3, 0.4) is 0 Å². The highest BCUT2D eigenvalue weighted by Gasteiger charge is 2.30. The molecule has 0 radical (unpaired) electrons. The first-order valence-corrected chi connectivity index (χ1v) is 4.22. The molecule has 0 heterocycles. The summed E-state index contributed by atoms with van der Waals surface area (Å²) in [6, 6.07) is 5.29. The van der Waals surface area contributed by atoms with Crippen molar-refractivity contribution in [3.05, 3.63) is 24.3 Å². The summed E-state index contributed by atoms with van der Waals surface area (Å²) in [6.07, 6.45) is -4.67. The first-order valence-electron chi connectivity index (χ1n) is 4.22. The zero-order chi connectivity index (χ0) is 11.3. The van der Waals surface area contributed by atoms with Gasteiger partial charge in [0.2, 0.25) is 0 Å². The molecule has 84 valence electrons. The van der Waals surface area contributed by atoms with E-state index < -0.39 is 6.36 Å². The fourth-order valence-corrected chi connectivity index (χ4v) is 0.975. The second-order valence-corrected chi connectivity index (χ2v) is 2.72. The van der Waals surface area contributed by atoms with Crippen LogP contribution in [0.25, 0.3) is 0 Å². The highest BCUT2D eigenvalue weighted by molar-refractivity contribution is 5.46. The number of halogens is 3. The maximum Gasteiger partial charge on any atom is 0.573 e. The molecule has 1 aromatic rings. The van der Waals surface area contributed by atoms with Crippen LogP contribution in [0.15, 0.2) is 24.3 Å². The smallest absolute Gasteiger partial charge is 0.406 e. The molecule has 0 saturated carbocycles. The predicted octanol–water partition coefficient (Wildman–Crippen LogP) is 1.99. The molecule has 3 nitrogen and oxygen atoms in total. The molecule has 0 aromatic heterocycles. The van der Waals surface area contributed by atoms with E-state index in [1.54, 1.807) is 0 Å². The van der Waals surface area contributed by atoms with Crippen molar-refractivity contribution in [2.75, 3.05) is 18.5 Å². The second-order valence-electron chi connectivity index (χ2n) is 2.72. The molecule has 2 N–H and O–H groups in total. The molecule has 0 saturated heterocycles. The van der Waals surface area contributed by atoms with Gasteiger partial charge in [0.1, 0.15) is 5.75 Å². The quantitative estimate of drug-likeness (QED) is 0.816. The lowest BCUT2D eigenvalue weighted by atomic mass is 10.3. The molecular weight excluding hydrogens is 211 g/mol. The molecule has 6 heteroatoms. The fraction of sp³-hybridized carbons (Fsp3) is 0.333. The van der Waals surface area contributed by atoms with Crippen molar-refractivity contribution >= 4 is 5.69 Å². The van der Waals surface area contributed by atoms with Gasteiger partial charge in [-0.25, -0.2) is 0 Å². The second kappa shape index (κ2) is 4.88. The number of nitrogens with one attached hydrogen (secondary N) is 1. The van der Waals surface area contributed by atoms with Crippen LogP contribution in [0.2, 0.25) is 0 Å². The molecule has 0 fully saturated rings. The van der Waals surface area contributed by atoms with Crippen molar-refractivity contribution in [3.63, 3.8) is 0 Å². The van der Waals surface area contributed by atoms with E-state index >= 15 is 0 Å². The zero-order valence-electron chi connectivity index (χ0n) is 7.71. The van der Waals surface area contributed by atoms with Crippen LogP contribution in [-0.4, -0.2) is 24.6 Å². The Bertz CT molecular complexity index is 297. The summed E-state index contributed by atoms with van der Waals surface area (Å²) in [4.78, 5) is 0. The molecule has 1 aromatic carbocycles. The molecule has 1 rings (SSSR count). The minimum atomic E-state index is -4.67. The van der Waals surface area contributed by atoms with Crippen LogP contribution in [0.1, 0.15) is 0 Å². The number of hydrogen-bond donors (Lipinski definition) is 2. The molecule has 0 amide bonds. The number of ether oxygens (including phenoxy) is 1. The summed E-state index contributed by atoms with van der Waals surface area (Å²) in [5.41, 5.74) is 0.624. The van der Waals surface area contributed by atoms with E-state index in [0.29, 0.717) is 12.2 Å². The number of hydrogen-bond acceptors (Lipinski definition) is 3. The van der Waals surface area contributed by atoms with Crippen molar-refractivity contribution in [3.8, 4) is 5.75 Å². The Labute approximate surface area is 84.5 Å². The maximum absolute atomic E-state index is 11.8. The third-order valence-corrected chi connectivity index (χ3v) is 1.53. The minimum Gasteiger partial charge on any atom is -0.406 e. The fourth-order valence-electron chi connectivity index (χ4n) is 0.975. The summed E-state index contributed by atoms with van der Waals surface area (Å²) in [5.74, 6) is -0.267. The molecule has 0 unspecified atom stereocenters. The van der Waals surface area contributed by atoms with Crippen LogP contribution in [0.4, 0.5) is 18.9 Å². The van der Waals surface area contributed by atoms with Crippen LogP contribution in [-0.2, 0) is 0 Å².